The maximum absolute atomic E-state index is 12.3. The highest BCUT2D eigenvalue weighted by Gasteiger charge is 2.32. The van der Waals surface area contributed by atoms with Gasteiger partial charge in [-0.25, -0.2) is 4.39 Å². The second-order valence-electron chi connectivity index (χ2n) is 3.32. The number of hydrogen-bond donors (Lipinski definition) is 1. The molecule has 0 heterocycles. The standard InChI is InChI=1S/C6H4BrFO.C4H4F6O/c7-4-1-2-6(9)5(8)3-4;5-3(6,7)1-11-2-4(8,9)10/h1-3,9H;1-2H2. The van der Waals surface area contributed by atoms with Gasteiger partial charge >= 0.3 is 12.4 Å². The molecule has 0 amide bonds. The second-order valence-corrected chi connectivity index (χ2v) is 4.23. The van der Waals surface area contributed by atoms with Gasteiger partial charge in [0, 0.05) is 4.47 Å². The molecule has 1 aromatic carbocycles. The van der Waals surface area contributed by atoms with Gasteiger partial charge in [0.1, 0.15) is 13.2 Å². The van der Waals surface area contributed by atoms with Gasteiger partial charge in [-0.15, -0.1) is 0 Å². The summed E-state index contributed by atoms with van der Waals surface area (Å²) in [7, 11) is 0. The van der Waals surface area contributed by atoms with Gasteiger partial charge in [-0.05, 0) is 18.2 Å². The predicted molar refractivity (Wildman–Crippen MR) is 58.7 cm³/mol. The third kappa shape index (κ3) is 10.9. The molecule has 20 heavy (non-hydrogen) atoms. The number of benzene rings is 1. The number of aromatic hydroxyl groups is 1. The summed E-state index contributed by atoms with van der Waals surface area (Å²) in [6.07, 6.45) is -9.41. The Morgan fingerprint density at radius 2 is 1.45 bits per heavy atom. The SMILES string of the molecule is FC(F)(F)COCC(F)(F)F.Oc1ccc(Br)cc1F. The molecule has 0 atom stereocenters. The monoisotopic (exact) mass is 372 g/mol. The minimum absolute atomic E-state index is 0.321. The zero-order valence-electron chi connectivity index (χ0n) is 9.53. The Bertz CT molecular complexity index is 403. The number of ether oxygens (including phenoxy) is 1. The molecule has 10 heteroatoms. The maximum Gasteiger partial charge on any atom is 0.411 e. The van der Waals surface area contributed by atoms with Crippen molar-refractivity contribution in [3.63, 3.8) is 0 Å². The first-order valence-electron chi connectivity index (χ1n) is 4.76. The minimum atomic E-state index is -4.70. The summed E-state index contributed by atoms with van der Waals surface area (Å²) in [5.41, 5.74) is 0. The lowest BCUT2D eigenvalue weighted by molar-refractivity contribution is -0.219. The van der Waals surface area contributed by atoms with Crippen molar-refractivity contribution in [3.8, 4) is 5.75 Å². The van der Waals surface area contributed by atoms with Crippen LogP contribution in [0.15, 0.2) is 22.7 Å². The van der Waals surface area contributed by atoms with Crippen LogP contribution in [0.2, 0.25) is 0 Å². The first-order chi connectivity index (χ1) is 8.91. The molecule has 1 aromatic rings. The highest BCUT2D eigenvalue weighted by Crippen LogP contribution is 2.19. The van der Waals surface area contributed by atoms with E-state index in [4.69, 9.17) is 5.11 Å². The molecule has 0 aliphatic carbocycles. The molecule has 1 rings (SSSR count). The van der Waals surface area contributed by atoms with Gasteiger partial charge in [0.2, 0.25) is 0 Å². The van der Waals surface area contributed by atoms with Crippen molar-refractivity contribution in [2.75, 3.05) is 13.2 Å². The number of phenolic OH excluding ortho intramolecular Hbond substituents is 1. The van der Waals surface area contributed by atoms with Gasteiger partial charge in [-0.1, -0.05) is 15.9 Å². The van der Waals surface area contributed by atoms with Crippen molar-refractivity contribution in [1.29, 1.82) is 0 Å². The molecule has 116 valence electrons. The zero-order chi connectivity index (χ0) is 16.0. The Hall–Kier alpha value is -1.03. The zero-order valence-corrected chi connectivity index (χ0v) is 11.1. The molecule has 0 aliphatic rings. The summed E-state index contributed by atoms with van der Waals surface area (Å²) in [6.45, 7) is -3.74. The van der Waals surface area contributed by atoms with Crippen molar-refractivity contribution in [3.05, 3.63) is 28.5 Å². The molecule has 0 saturated heterocycles. The smallest absolute Gasteiger partial charge is 0.411 e. The van der Waals surface area contributed by atoms with Gasteiger partial charge < -0.3 is 9.84 Å². The van der Waals surface area contributed by atoms with Gasteiger partial charge in [0.25, 0.3) is 0 Å². The van der Waals surface area contributed by atoms with Crippen LogP contribution < -0.4 is 0 Å². The Balaban J connectivity index is 0.000000367. The molecule has 0 spiro atoms. The molecular formula is C10H8BrF7O2. The summed E-state index contributed by atoms with van der Waals surface area (Å²) < 4.78 is 83.1. The highest BCUT2D eigenvalue weighted by molar-refractivity contribution is 9.10. The van der Waals surface area contributed by atoms with Crippen molar-refractivity contribution >= 4 is 15.9 Å². The lowest BCUT2D eigenvalue weighted by Crippen LogP contribution is -2.23. The first-order valence-corrected chi connectivity index (χ1v) is 5.55. The molecule has 0 unspecified atom stereocenters. The largest absolute Gasteiger partial charge is 0.505 e. The third-order valence-electron chi connectivity index (χ3n) is 1.44. The van der Waals surface area contributed by atoms with E-state index >= 15 is 0 Å². The van der Waals surface area contributed by atoms with Crippen molar-refractivity contribution < 1.29 is 40.6 Å². The van der Waals surface area contributed by atoms with Gasteiger partial charge in [-0.3, -0.25) is 0 Å². The molecule has 0 saturated carbocycles. The quantitative estimate of drug-likeness (QED) is 0.778. The summed E-state index contributed by atoms with van der Waals surface area (Å²) in [4.78, 5) is 0. The lowest BCUT2D eigenvalue weighted by atomic mass is 10.3. The Labute approximate surface area is 117 Å². The first kappa shape index (κ1) is 19.0. The van der Waals surface area contributed by atoms with Crippen molar-refractivity contribution in [2.24, 2.45) is 0 Å². The molecule has 0 fully saturated rings. The predicted octanol–water partition coefficient (Wildman–Crippen LogP) is 4.42. The van der Waals surface area contributed by atoms with E-state index in [0.29, 0.717) is 4.47 Å². The van der Waals surface area contributed by atoms with Gasteiger partial charge in [0.05, 0.1) is 0 Å². The van der Waals surface area contributed by atoms with E-state index < -0.39 is 31.4 Å². The van der Waals surface area contributed by atoms with E-state index in [0.717, 1.165) is 0 Å². The van der Waals surface area contributed by atoms with Crippen LogP contribution in [0.5, 0.6) is 5.75 Å². The Kier molecular flexibility index (Phi) is 7.28. The van der Waals surface area contributed by atoms with Crippen LogP contribution in [0.1, 0.15) is 0 Å². The van der Waals surface area contributed by atoms with Crippen LogP contribution >= 0.6 is 15.9 Å². The van der Waals surface area contributed by atoms with Crippen LogP contribution in [0.3, 0.4) is 0 Å². The van der Waals surface area contributed by atoms with Crippen molar-refractivity contribution in [2.45, 2.75) is 12.4 Å². The summed E-state index contributed by atoms with van der Waals surface area (Å²) >= 11 is 3.05. The van der Waals surface area contributed by atoms with Gasteiger partial charge in [-0.2, -0.15) is 26.3 Å². The van der Waals surface area contributed by atoms with Crippen molar-refractivity contribution in [1.82, 2.24) is 0 Å². The normalized spacial score (nSPS) is 11.8. The van der Waals surface area contributed by atoms with E-state index in [1.165, 1.54) is 12.1 Å². The number of rotatable bonds is 2. The molecule has 0 aliphatic heterocycles. The number of phenols is 1. The molecule has 0 bridgehead atoms. The molecule has 0 aromatic heterocycles. The highest BCUT2D eigenvalue weighted by atomic mass is 79.9. The van der Waals surface area contributed by atoms with Crippen LogP contribution in [-0.4, -0.2) is 30.7 Å². The lowest BCUT2D eigenvalue weighted by Gasteiger charge is -2.09. The fourth-order valence-corrected chi connectivity index (χ4v) is 1.10. The fraction of sp³-hybridized carbons (Fsp3) is 0.400. The van der Waals surface area contributed by atoms with E-state index in [9.17, 15) is 30.7 Å². The molecule has 0 radical (unpaired) electrons. The van der Waals surface area contributed by atoms with Crippen LogP contribution in [0, 0.1) is 5.82 Å². The number of hydrogen-bond acceptors (Lipinski definition) is 2. The molecule has 1 N–H and O–H groups in total. The average Bonchev–Trinajstić information content (AvgIpc) is 2.21. The van der Waals surface area contributed by atoms with E-state index in [2.05, 4.69) is 20.7 Å². The summed E-state index contributed by atoms with van der Waals surface area (Å²) in [6, 6.07) is 4.06. The van der Waals surface area contributed by atoms with Gasteiger partial charge in [0.15, 0.2) is 11.6 Å². The second kappa shape index (κ2) is 7.67. The topological polar surface area (TPSA) is 29.5 Å². The number of halogens is 8. The maximum atomic E-state index is 12.3. The minimum Gasteiger partial charge on any atom is -0.505 e. The number of alkyl halides is 6. The summed E-state index contributed by atoms with van der Waals surface area (Å²) in [5, 5.41) is 8.65. The third-order valence-corrected chi connectivity index (χ3v) is 1.93. The molecular weight excluding hydrogens is 365 g/mol. The Morgan fingerprint density at radius 1 is 1.00 bits per heavy atom. The van der Waals surface area contributed by atoms with E-state index in [-0.39, 0.29) is 5.75 Å². The Morgan fingerprint density at radius 3 is 1.75 bits per heavy atom. The summed E-state index contributed by atoms with van der Waals surface area (Å²) in [5.74, 6) is -0.928. The molecule has 2 nitrogen and oxygen atoms in total. The van der Waals surface area contributed by atoms with Crippen LogP contribution in [0.4, 0.5) is 30.7 Å². The van der Waals surface area contributed by atoms with Crippen LogP contribution in [-0.2, 0) is 4.74 Å². The van der Waals surface area contributed by atoms with E-state index in [1.54, 1.807) is 6.07 Å². The fourth-order valence-electron chi connectivity index (χ4n) is 0.764. The van der Waals surface area contributed by atoms with Crippen LogP contribution in [0.25, 0.3) is 0 Å². The average molecular weight is 373 g/mol. The van der Waals surface area contributed by atoms with E-state index in [1.807, 2.05) is 0 Å².